The highest BCUT2D eigenvalue weighted by Gasteiger charge is 2.34. The van der Waals surface area contributed by atoms with Gasteiger partial charge in [0.15, 0.2) is 11.6 Å². The van der Waals surface area contributed by atoms with Crippen LogP contribution in [-0.2, 0) is 0 Å². The van der Waals surface area contributed by atoms with Crippen molar-refractivity contribution in [2.45, 2.75) is 31.8 Å². The minimum atomic E-state index is -1.34. The smallest absolute Gasteiger partial charge is 0.341 e. The van der Waals surface area contributed by atoms with Crippen molar-refractivity contribution in [3.8, 4) is 5.75 Å². The minimum absolute atomic E-state index is 0.00699. The van der Waals surface area contributed by atoms with E-state index in [0.29, 0.717) is 12.1 Å². The van der Waals surface area contributed by atoms with Gasteiger partial charge in [0.25, 0.3) is 0 Å². The molecule has 0 bridgehead atoms. The number of hydrogen-bond acceptors (Lipinski definition) is 5. The first-order valence-corrected chi connectivity index (χ1v) is 8.59. The van der Waals surface area contributed by atoms with Crippen LogP contribution in [0, 0.1) is 5.82 Å². The summed E-state index contributed by atoms with van der Waals surface area (Å²) in [6, 6.07) is 0.682. The Labute approximate surface area is 148 Å². The maximum Gasteiger partial charge on any atom is 0.341 e. The summed E-state index contributed by atoms with van der Waals surface area (Å²) in [6.45, 7) is 2.56. The maximum atomic E-state index is 15.0. The Bertz CT molecular complexity index is 970. The summed E-state index contributed by atoms with van der Waals surface area (Å²) in [4.78, 5) is 25.7. The van der Waals surface area contributed by atoms with Crippen LogP contribution in [0.5, 0.6) is 5.75 Å². The second-order valence-corrected chi connectivity index (χ2v) is 6.85. The van der Waals surface area contributed by atoms with Crippen molar-refractivity contribution in [3.63, 3.8) is 0 Å². The average Bonchev–Trinajstić information content (AvgIpc) is 3.07. The second kappa shape index (κ2) is 5.98. The largest absolute Gasteiger partial charge is 0.487 e. The molecule has 0 saturated carbocycles. The molecule has 1 aromatic carbocycles. The lowest BCUT2D eigenvalue weighted by Gasteiger charge is -2.33. The number of halogens is 1. The maximum absolute atomic E-state index is 15.0. The normalized spacial score (nSPS) is 21.9. The molecular weight excluding hydrogens is 343 g/mol. The second-order valence-electron chi connectivity index (χ2n) is 6.85. The highest BCUT2D eigenvalue weighted by molar-refractivity contribution is 5.97. The Balaban J connectivity index is 2.07. The van der Waals surface area contributed by atoms with E-state index in [4.69, 9.17) is 4.74 Å². The van der Waals surface area contributed by atoms with Crippen molar-refractivity contribution in [1.29, 1.82) is 0 Å². The van der Waals surface area contributed by atoms with Crippen LogP contribution < -0.4 is 15.1 Å². The van der Waals surface area contributed by atoms with Gasteiger partial charge in [0.1, 0.15) is 17.9 Å². The highest BCUT2D eigenvalue weighted by Crippen LogP contribution is 2.43. The van der Waals surface area contributed by atoms with Crippen LogP contribution in [0.25, 0.3) is 10.9 Å². The van der Waals surface area contributed by atoms with E-state index >= 15 is 0 Å². The van der Waals surface area contributed by atoms with Crippen LogP contribution in [-0.4, -0.2) is 46.5 Å². The van der Waals surface area contributed by atoms with Gasteiger partial charge in [-0.15, -0.1) is 0 Å². The standard InChI is InChI=1S/C18H19FN2O5/c1-9-8-26-17-14-11(16(23)12(18(24)25)6-21(9)14)5-13(19)15(17)20-4-2-3-10(20)7-22/h5-6,9-10,22H,2-4,7-8H2,1H3,(H,24,25). The van der Waals surface area contributed by atoms with E-state index in [0.717, 1.165) is 18.9 Å². The summed E-state index contributed by atoms with van der Waals surface area (Å²) in [5.41, 5.74) is -0.483. The molecule has 0 amide bonds. The molecule has 26 heavy (non-hydrogen) atoms. The first-order chi connectivity index (χ1) is 12.4. The number of hydrogen-bond donors (Lipinski definition) is 2. The van der Waals surface area contributed by atoms with E-state index < -0.39 is 22.8 Å². The van der Waals surface area contributed by atoms with E-state index in [1.807, 2.05) is 6.92 Å². The van der Waals surface area contributed by atoms with E-state index in [1.54, 1.807) is 9.47 Å². The number of aromatic carboxylic acids is 1. The van der Waals surface area contributed by atoms with Crippen LogP contribution in [0.2, 0.25) is 0 Å². The number of benzene rings is 1. The number of anilines is 1. The third-order valence-corrected chi connectivity index (χ3v) is 5.25. The van der Waals surface area contributed by atoms with E-state index in [1.165, 1.54) is 6.20 Å². The zero-order chi connectivity index (χ0) is 18.6. The van der Waals surface area contributed by atoms with Crippen molar-refractivity contribution in [1.82, 2.24) is 4.57 Å². The third-order valence-electron chi connectivity index (χ3n) is 5.25. The summed E-state index contributed by atoms with van der Waals surface area (Å²) in [7, 11) is 0. The molecule has 7 nitrogen and oxygen atoms in total. The van der Waals surface area contributed by atoms with Gasteiger partial charge in [0.05, 0.1) is 29.6 Å². The lowest BCUT2D eigenvalue weighted by molar-refractivity contribution is 0.0694. The molecule has 2 atom stereocenters. The number of ether oxygens (including phenoxy) is 1. The van der Waals surface area contributed by atoms with Crippen molar-refractivity contribution >= 4 is 22.6 Å². The number of aromatic nitrogens is 1. The van der Waals surface area contributed by atoms with Gasteiger partial charge in [-0.2, -0.15) is 0 Å². The fourth-order valence-electron chi connectivity index (χ4n) is 3.95. The number of rotatable bonds is 3. The Morgan fingerprint density at radius 1 is 1.46 bits per heavy atom. The number of nitrogens with zero attached hydrogens (tertiary/aromatic N) is 2. The SMILES string of the molecule is CC1COc2c(N3CCCC3CO)c(F)cc3c(=O)c(C(=O)O)cn1c23. The Kier molecular flexibility index (Phi) is 3.87. The molecule has 4 rings (SSSR count). The quantitative estimate of drug-likeness (QED) is 0.864. The Hall–Kier alpha value is -2.61. The summed E-state index contributed by atoms with van der Waals surface area (Å²) >= 11 is 0. The van der Waals surface area contributed by atoms with Gasteiger partial charge in [0, 0.05) is 12.7 Å². The van der Waals surface area contributed by atoms with Crippen LogP contribution >= 0.6 is 0 Å². The molecular formula is C18H19FN2O5. The molecule has 2 N–H and O–H groups in total. The van der Waals surface area contributed by atoms with Crippen molar-refractivity contribution in [3.05, 3.63) is 33.9 Å². The fraction of sp³-hybridized carbons (Fsp3) is 0.444. The first-order valence-electron chi connectivity index (χ1n) is 8.59. The summed E-state index contributed by atoms with van der Waals surface area (Å²) in [5.74, 6) is -1.74. The zero-order valence-electron chi connectivity index (χ0n) is 14.2. The van der Waals surface area contributed by atoms with Crippen LogP contribution in [0.4, 0.5) is 10.1 Å². The number of aliphatic hydroxyl groups is 1. The van der Waals surface area contributed by atoms with Gasteiger partial charge >= 0.3 is 5.97 Å². The van der Waals surface area contributed by atoms with Crippen LogP contribution in [0.3, 0.4) is 0 Å². The molecule has 2 aromatic rings. The van der Waals surface area contributed by atoms with Crippen LogP contribution in [0.15, 0.2) is 17.1 Å². The number of carboxylic acid groups (broad SMARTS) is 1. The van der Waals surface area contributed by atoms with Gasteiger partial charge < -0.3 is 24.4 Å². The molecule has 3 heterocycles. The van der Waals surface area contributed by atoms with Crippen molar-refractivity contribution in [2.75, 3.05) is 24.7 Å². The fourth-order valence-corrected chi connectivity index (χ4v) is 3.95. The number of carbonyl (C=O) groups is 1. The number of pyridine rings is 1. The summed E-state index contributed by atoms with van der Waals surface area (Å²) in [5, 5.41) is 18.9. The zero-order valence-corrected chi connectivity index (χ0v) is 14.2. The number of carboxylic acids is 1. The highest BCUT2D eigenvalue weighted by atomic mass is 19.1. The molecule has 138 valence electrons. The monoisotopic (exact) mass is 362 g/mol. The average molecular weight is 362 g/mol. The van der Waals surface area contributed by atoms with Gasteiger partial charge in [-0.3, -0.25) is 4.79 Å². The molecule has 0 radical (unpaired) electrons. The summed E-state index contributed by atoms with van der Waals surface area (Å²) < 4.78 is 22.5. The van der Waals surface area contributed by atoms with E-state index in [2.05, 4.69) is 0 Å². The summed E-state index contributed by atoms with van der Waals surface area (Å²) in [6.07, 6.45) is 2.87. The van der Waals surface area contributed by atoms with Crippen molar-refractivity contribution < 1.29 is 24.1 Å². The molecule has 2 aliphatic heterocycles. The van der Waals surface area contributed by atoms with Crippen molar-refractivity contribution in [2.24, 2.45) is 0 Å². The van der Waals surface area contributed by atoms with Gasteiger partial charge in [-0.05, 0) is 25.8 Å². The molecule has 8 heteroatoms. The topological polar surface area (TPSA) is 92.0 Å². The van der Waals surface area contributed by atoms with Crippen LogP contribution in [0.1, 0.15) is 36.2 Å². The third kappa shape index (κ3) is 2.28. The lowest BCUT2D eigenvalue weighted by atomic mass is 10.1. The van der Waals surface area contributed by atoms with E-state index in [-0.39, 0.29) is 42.1 Å². The molecule has 2 aliphatic rings. The molecule has 1 fully saturated rings. The van der Waals surface area contributed by atoms with E-state index in [9.17, 15) is 24.2 Å². The molecule has 0 aliphatic carbocycles. The Morgan fingerprint density at radius 2 is 2.23 bits per heavy atom. The molecule has 1 saturated heterocycles. The van der Waals surface area contributed by atoms with Gasteiger partial charge in [0.2, 0.25) is 5.43 Å². The Morgan fingerprint density at radius 3 is 2.92 bits per heavy atom. The lowest BCUT2D eigenvalue weighted by Crippen LogP contribution is -2.34. The molecule has 1 aromatic heterocycles. The first kappa shape index (κ1) is 16.8. The molecule has 0 spiro atoms. The predicted molar refractivity (Wildman–Crippen MR) is 92.8 cm³/mol. The minimum Gasteiger partial charge on any atom is -0.487 e. The molecule has 2 unspecified atom stereocenters. The van der Waals surface area contributed by atoms with Gasteiger partial charge in [-0.25, -0.2) is 9.18 Å². The number of aliphatic hydroxyl groups excluding tert-OH is 1. The van der Waals surface area contributed by atoms with Gasteiger partial charge in [-0.1, -0.05) is 0 Å². The predicted octanol–water partition coefficient (Wildman–Crippen LogP) is 1.75.